The van der Waals surface area contributed by atoms with E-state index in [0.717, 1.165) is 32.7 Å². The molecule has 0 bridgehead atoms. The minimum absolute atomic E-state index is 0.178. The Balaban J connectivity index is 1.47. The van der Waals surface area contributed by atoms with Crippen molar-refractivity contribution in [3.8, 4) is 0 Å². The lowest BCUT2D eigenvalue weighted by atomic mass is 9.89. The van der Waals surface area contributed by atoms with Crippen LogP contribution in [0.1, 0.15) is 40.0 Å². The molecule has 25 heavy (non-hydrogen) atoms. The van der Waals surface area contributed by atoms with Crippen LogP contribution in [-0.2, 0) is 14.3 Å². The molecule has 0 spiro atoms. The summed E-state index contributed by atoms with van der Waals surface area (Å²) in [5.41, 5.74) is -0.554. The van der Waals surface area contributed by atoms with Crippen molar-refractivity contribution < 1.29 is 14.3 Å². The number of hydrogen-bond donors (Lipinski definition) is 0. The summed E-state index contributed by atoms with van der Waals surface area (Å²) >= 11 is 0. The minimum Gasteiger partial charge on any atom is -0.349 e. The fraction of sp³-hybridized carbons (Fsp3) is 0.947. The molecule has 0 aliphatic carbocycles. The maximum absolute atomic E-state index is 13.0. The fourth-order valence-electron chi connectivity index (χ4n) is 4.06. The number of carbonyl (C=O) groups excluding carboxylic acids is 1. The molecule has 0 aromatic rings. The second kappa shape index (κ2) is 7.51. The number of ether oxygens (including phenoxy) is 2. The number of piperazine rings is 1. The third kappa shape index (κ3) is 4.54. The average Bonchev–Trinajstić information content (AvgIpc) is 2.60. The smallest absolute Gasteiger partial charge is 0.233 e. The first kappa shape index (κ1) is 19.1. The number of carbonyl (C=O) groups is 1. The lowest BCUT2D eigenvalue weighted by Gasteiger charge is -2.45. The highest BCUT2D eigenvalue weighted by Gasteiger charge is 2.44. The molecule has 1 amide bonds. The first-order valence-electron chi connectivity index (χ1n) is 9.79. The number of amides is 1. The number of hydrogen-bond acceptors (Lipinski definition) is 5. The molecule has 3 aliphatic rings. The third-order valence-corrected chi connectivity index (χ3v) is 6.04. The van der Waals surface area contributed by atoms with Gasteiger partial charge in [0.25, 0.3) is 0 Å². The van der Waals surface area contributed by atoms with Gasteiger partial charge in [0, 0.05) is 38.8 Å². The first-order valence-corrected chi connectivity index (χ1v) is 9.79. The molecule has 3 fully saturated rings. The second-order valence-electron chi connectivity index (χ2n) is 8.76. The standard InChI is InChI=1S/C19H35N3O3/c1-18(2)24-14-19(3,15-25-18)17(23)22-11-9-21(10-12-22)13-16-7-5-6-8-20(16)4/h16H,5-15H2,1-4H3. The Kier molecular flexibility index (Phi) is 5.73. The number of likely N-dealkylation sites (N-methyl/N-ethyl adjacent to an activating group) is 1. The monoisotopic (exact) mass is 353 g/mol. The highest BCUT2D eigenvalue weighted by molar-refractivity contribution is 5.83. The summed E-state index contributed by atoms with van der Waals surface area (Å²) in [6.07, 6.45) is 3.98. The molecular weight excluding hydrogens is 318 g/mol. The largest absolute Gasteiger partial charge is 0.349 e. The predicted octanol–water partition coefficient (Wildman–Crippen LogP) is 1.40. The Morgan fingerprint density at radius 1 is 1.00 bits per heavy atom. The molecular formula is C19H35N3O3. The van der Waals surface area contributed by atoms with Crippen LogP contribution in [-0.4, -0.2) is 92.0 Å². The minimum atomic E-state index is -0.579. The lowest BCUT2D eigenvalue weighted by Crippen LogP contribution is -2.58. The molecule has 3 saturated heterocycles. The van der Waals surface area contributed by atoms with Gasteiger partial charge >= 0.3 is 0 Å². The molecule has 3 heterocycles. The summed E-state index contributed by atoms with van der Waals surface area (Å²) in [7, 11) is 2.25. The Morgan fingerprint density at radius 3 is 2.24 bits per heavy atom. The Morgan fingerprint density at radius 2 is 1.64 bits per heavy atom. The second-order valence-corrected chi connectivity index (χ2v) is 8.76. The van der Waals surface area contributed by atoms with Crippen LogP contribution in [0.3, 0.4) is 0 Å². The Bertz CT molecular complexity index is 465. The zero-order chi connectivity index (χ0) is 18.1. The van der Waals surface area contributed by atoms with E-state index in [4.69, 9.17) is 9.47 Å². The molecule has 0 aromatic heterocycles. The number of likely N-dealkylation sites (tertiary alicyclic amines) is 1. The predicted molar refractivity (Wildman–Crippen MR) is 97.4 cm³/mol. The van der Waals surface area contributed by atoms with Gasteiger partial charge < -0.3 is 19.3 Å². The van der Waals surface area contributed by atoms with Crippen molar-refractivity contribution in [1.82, 2.24) is 14.7 Å². The van der Waals surface area contributed by atoms with Crippen molar-refractivity contribution in [3.63, 3.8) is 0 Å². The van der Waals surface area contributed by atoms with Crippen molar-refractivity contribution in [2.45, 2.75) is 51.9 Å². The summed E-state index contributed by atoms with van der Waals surface area (Å²) < 4.78 is 11.5. The average molecular weight is 354 g/mol. The van der Waals surface area contributed by atoms with Crippen LogP contribution in [0.15, 0.2) is 0 Å². The third-order valence-electron chi connectivity index (χ3n) is 6.04. The van der Waals surface area contributed by atoms with Gasteiger partial charge in [-0.15, -0.1) is 0 Å². The van der Waals surface area contributed by atoms with E-state index < -0.39 is 11.2 Å². The van der Waals surface area contributed by atoms with Crippen LogP contribution < -0.4 is 0 Å². The summed E-state index contributed by atoms with van der Waals surface area (Å²) in [6, 6.07) is 0.677. The van der Waals surface area contributed by atoms with Gasteiger partial charge in [0.15, 0.2) is 5.79 Å². The molecule has 6 heteroatoms. The van der Waals surface area contributed by atoms with Crippen molar-refractivity contribution in [1.29, 1.82) is 0 Å². The molecule has 1 atom stereocenters. The van der Waals surface area contributed by atoms with Gasteiger partial charge in [-0.25, -0.2) is 0 Å². The van der Waals surface area contributed by atoms with Crippen LogP contribution in [0.4, 0.5) is 0 Å². The van der Waals surface area contributed by atoms with E-state index in [9.17, 15) is 4.79 Å². The molecule has 3 rings (SSSR count). The summed E-state index contributed by atoms with van der Waals surface area (Å²) in [5, 5.41) is 0. The van der Waals surface area contributed by atoms with Crippen LogP contribution in [0.2, 0.25) is 0 Å². The van der Waals surface area contributed by atoms with Crippen molar-refractivity contribution in [2.75, 3.05) is 59.5 Å². The van der Waals surface area contributed by atoms with Gasteiger partial charge in [-0.3, -0.25) is 9.69 Å². The highest BCUT2D eigenvalue weighted by atomic mass is 16.7. The first-order chi connectivity index (χ1) is 11.8. The maximum atomic E-state index is 13.0. The van der Waals surface area contributed by atoms with Gasteiger partial charge in [0.2, 0.25) is 5.91 Å². The number of nitrogens with zero attached hydrogens (tertiary/aromatic N) is 3. The number of piperidine rings is 1. The van der Waals surface area contributed by atoms with Crippen LogP contribution >= 0.6 is 0 Å². The molecule has 0 saturated carbocycles. The molecule has 0 N–H and O–H groups in total. The van der Waals surface area contributed by atoms with E-state index in [2.05, 4.69) is 16.8 Å². The van der Waals surface area contributed by atoms with Crippen LogP contribution in [0.25, 0.3) is 0 Å². The van der Waals surface area contributed by atoms with Gasteiger partial charge in [-0.2, -0.15) is 0 Å². The van der Waals surface area contributed by atoms with E-state index in [1.807, 2.05) is 25.7 Å². The van der Waals surface area contributed by atoms with Crippen molar-refractivity contribution in [3.05, 3.63) is 0 Å². The summed E-state index contributed by atoms with van der Waals surface area (Å²) in [5.74, 6) is -0.401. The van der Waals surface area contributed by atoms with Gasteiger partial charge in [0.05, 0.1) is 18.6 Å². The van der Waals surface area contributed by atoms with Crippen LogP contribution in [0.5, 0.6) is 0 Å². The quantitative estimate of drug-likeness (QED) is 0.768. The van der Waals surface area contributed by atoms with Gasteiger partial charge in [-0.05, 0) is 47.2 Å². The fourth-order valence-corrected chi connectivity index (χ4v) is 4.06. The molecule has 6 nitrogen and oxygen atoms in total. The molecule has 1 unspecified atom stereocenters. The van der Waals surface area contributed by atoms with E-state index in [1.54, 1.807) is 0 Å². The zero-order valence-corrected chi connectivity index (χ0v) is 16.4. The van der Waals surface area contributed by atoms with Gasteiger partial charge in [-0.1, -0.05) is 6.42 Å². The highest BCUT2D eigenvalue weighted by Crippen LogP contribution is 2.31. The van der Waals surface area contributed by atoms with Crippen LogP contribution in [0, 0.1) is 5.41 Å². The summed E-state index contributed by atoms with van der Waals surface area (Å²) in [6.45, 7) is 12.6. The molecule has 0 aromatic carbocycles. The Labute approximate surface area is 152 Å². The summed E-state index contributed by atoms with van der Waals surface area (Å²) in [4.78, 5) is 20.0. The molecule has 144 valence electrons. The van der Waals surface area contributed by atoms with E-state index >= 15 is 0 Å². The molecule has 0 radical (unpaired) electrons. The normalized spacial score (nSPS) is 31.0. The van der Waals surface area contributed by atoms with E-state index in [-0.39, 0.29) is 5.91 Å². The molecule has 3 aliphatic heterocycles. The zero-order valence-electron chi connectivity index (χ0n) is 16.4. The van der Waals surface area contributed by atoms with E-state index in [0.29, 0.717) is 19.3 Å². The number of rotatable bonds is 3. The van der Waals surface area contributed by atoms with Crippen molar-refractivity contribution >= 4 is 5.91 Å². The van der Waals surface area contributed by atoms with E-state index in [1.165, 1.54) is 25.8 Å². The topological polar surface area (TPSA) is 45.2 Å². The Hall–Kier alpha value is -0.690. The SMILES string of the molecule is CN1CCCCC1CN1CCN(C(=O)C2(C)COC(C)(C)OC2)CC1. The maximum Gasteiger partial charge on any atom is 0.233 e. The van der Waals surface area contributed by atoms with Gasteiger partial charge in [0.1, 0.15) is 0 Å². The lowest BCUT2D eigenvalue weighted by molar-refractivity contribution is -0.279. The van der Waals surface area contributed by atoms with Crippen molar-refractivity contribution in [2.24, 2.45) is 5.41 Å².